The van der Waals surface area contributed by atoms with Crippen LogP contribution < -0.4 is 15.0 Å². The molecule has 0 aliphatic carbocycles. The lowest BCUT2D eigenvalue weighted by Crippen LogP contribution is -2.27. The van der Waals surface area contributed by atoms with E-state index in [9.17, 15) is 4.79 Å². The minimum absolute atomic E-state index is 0.0871. The largest absolute Gasteiger partial charge is 0.493 e. The van der Waals surface area contributed by atoms with Crippen molar-refractivity contribution in [3.8, 4) is 17.0 Å². The highest BCUT2D eigenvalue weighted by atomic mass is 35.5. The van der Waals surface area contributed by atoms with Crippen molar-refractivity contribution in [1.82, 2.24) is 9.97 Å². The van der Waals surface area contributed by atoms with Crippen molar-refractivity contribution in [2.75, 3.05) is 30.9 Å². The number of amides is 1. The highest BCUT2D eigenvalue weighted by molar-refractivity contribution is 6.35. The van der Waals surface area contributed by atoms with E-state index in [2.05, 4.69) is 15.3 Å². The molecule has 8 heteroatoms. The average molecular weight is 493 g/mol. The number of carbonyl (C=O) groups is 1. The van der Waals surface area contributed by atoms with Gasteiger partial charge in [-0.2, -0.15) is 0 Å². The molecule has 172 valence electrons. The average Bonchev–Trinajstić information content (AvgIpc) is 2.82. The fraction of sp³-hybridized carbons (Fsp3) is 0.192. The van der Waals surface area contributed by atoms with Crippen LogP contribution in [0.1, 0.15) is 17.9 Å². The van der Waals surface area contributed by atoms with Crippen LogP contribution >= 0.6 is 23.2 Å². The minimum atomic E-state index is -0.294. The van der Waals surface area contributed by atoms with Crippen molar-refractivity contribution in [3.63, 3.8) is 0 Å². The molecule has 1 aliphatic rings. The summed E-state index contributed by atoms with van der Waals surface area (Å²) in [5.41, 5.74) is 4.51. The Labute approximate surface area is 207 Å². The number of ether oxygens (including phenoxy) is 1. The molecule has 0 bridgehead atoms. The van der Waals surface area contributed by atoms with Crippen LogP contribution in [0.2, 0.25) is 10.0 Å². The first kappa shape index (κ1) is 22.4. The molecule has 1 N–H and O–H groups in total. The first-order valence-electron chi connectivity index (χ1n) is 10.9. The normalized spacial score (nSPS) is 14.9. The molecule has 0 saturated heterocycles. The molecule has 1 unspecified atom stereocenters. The maximum atomic E-state index is 13.3. The summed E-state index contributed by atoms with van der Waals surface area (Å²) in [7, 11) is 3.87. The Morgan fingerprint density at radius 2 is 1.85 bits per heavy atom. The molecular weight excluding hydrogens is 471 g/mol. The molecule has 1 amide bonds. The topological polar surface area (TPSA) is 67.4 Å². The number of hydrogen-bond donors (Lipinski definition) is 1. The lowest BCUT2D eigenvalue weighted by atomic mass is 9.92. The number of nitrogens with zero attached hydrogens (tertiary/aromatic N) is 3. The lowest BCUT2D eigenvalue weighted by Gasteiger charge is -2.26. The van der Waals surface area contributed by atoms with Crippen LogP contribution in [0.25, 0.3) is 22.2 Å². The summed E-state index contributed by atoms with van der Waals surface area (Å²) < 4.78 is 5.72. The van der Waals surface area contributed by atoms with Crippen LogP contribution in [0.4, 0.5) is 11.4 Å². The van der Waals surface area contributed by atoms with E-state index in [0.29, 0.717) is 40.0 Å². The van der Waals surface area contributed by atoms with Crippen LogP contribution in [-0.4, -0.2) is 36.6 Å². The van der Waals surface area contributed by atoms with Gasteiger partial charge in [0.05, 0.1) is 41.3 Å². The summed E-state index contributed by atoms with van der Waals surface area (Å²) in [6.07, 6.45) is 4.02. The molecule has 0 radical (unpaired) electrons. The van der Waals surface area contributed by atoms with Crippen molar-refractivity contribution in [3.05, 3.63) is 76.5 Å². The lowest BCUT2D eigenvalue weighted by molar-refractivity contribution is -0.118. The minimum Gasteiger partial charge on any atom is -0.493 e. The molecule has 5 rings (SSSR count). The molecule has 0 fully saturated rings. The van der Waals surface area contributed by atoms with E-state index in [4.69, 9.17) is 27.9 Å². The van der Waals surface area contributed by atoms with E-state index in [1.807, 2.05) is 61.5 Å². The zero-order valence-corrected chi connectivity index (χ0v) is 20.2. The number of anilines is 2. The van der Waals surface area contributed by atoms with Gasteiger partial charge in [0.15, 0.2) is 0 Å². The Balaban J connectivity index is 1.57. The standard InChI is InChI=1S/C26H22Cl2N4O2/c1-32(2)25-20-7-9-29-23(15-11-16(27)13-17(28)12-15)24(20)30-14-21(25)31-26(33)19-8-10-34-22-6-4-3-5-18(19)22/h3-7,9,11-14,19H,8,10H2,1-2H3,(H,31,33). The van der Waals surface area contributed by atoms with Gasteiger partial charge in [-0.3, -0.25) is 14.8 Å². The quantitative estimate of drug-likeness (QED) is 0.368. The zero-order valence-electron chi connectivity index (χ0n) is 18.7. The van der Waals surface area contributed by atoms with Gasteiger partial charge in [-0.25, -0.2) is 0 Å². The molecule has 4 aromatic rings. The number of hydrogen-bond acceptors (Lipinski definition) is 5. The number of nitrogens with one attached hydrogen (secondary N) is 1. The molecule has 2 aromatic carbocycles. The smallest absolute Gasteiger partial charge is 0.232 e. The first-order valence-corrected chi connectivity index (χ1v) is 11.6. The monoisotopic (exact) mass is 492 g/mol. The van der Waals surface area contributed by atoms with Gasteiger partial charge in [-0.05, 0) is 36.8 Å². The van der Waals surface area contributed by atoms with Crippen LogP contribution in [0.5, 0.6) is 5.75 Å². The Bertz CT molecular complexity index is 1390. The van der Waals surface area contributed by atoms with Crippen LogP contribution in [-0.2, 0) is 4.79 Å². The van der Waals surface area contributed by atoms with Gasteiger partial charge in [-0.1, -0.05) is 41.4 Å². The first-order chi connectivity index (χ1) is 16.4. The Hall–Kier alpha value is -3.35. The van der Waals surface area contributed by atoms with Gasteiger partial charge in [0.25, 0.3) is 0 Å². The predicted octanol–water partition coefficient (Wildman–Crippen LogP) is 6.17. The van der Waals surface area contributed by atoms with E-state index in [-0.39, 0.29) is 11.8 Å². The van der Waals surface area contributed by atoms with Crippen molar-refractivity contribution in [1.29, 1.82) is 0 Å². The molecule has 1 aliphatic heterocycles. The third kappa shape index (κ3) is 4.15. The highest BCUT2D eigenvalue weighted by Crippen LogP contribution is 2.39. The van der Waals surface area contributed by atoms with E-state index >= 15 is 0 Å². The number of para-hydroxylation sites is 1. The number of fused-ring (bicyclic) bond motifs is 2. The molecule has 0 saturated carbocycles. The summed E-state index contributed by atoms with van der Waals surface area (Å²) in [6.45, 7) is 0.503. The number of halogens is 2. The van der Waals surface area contributed by atoms with Gasteiger partial charge in [0.1, 0.15) is 5.75 Å². The third-order valence-electron chi connectivity index (χ3n) is 5.87. The number of pyridine rings is 2. The fourth-order valence-corrected chi connectivity index (χ4v) is 4.95. The molecule has 1 atom stereocenters. The van der Waals surface area contributed by atoms with Gasteiger partial charge >= 0.3 is 0 Å². The summed E-state index contributed by atoms with van der Waals surface area (Å²) >= 11 is 12.5. The van der Waals surface area contributed by atoms with Gasteiger partial charge in [0, 0.05) is 46.9 Å². The second kappa shape index (κ2) is 9.12. The summed E-state index contributed by atoms with van der Waals surface area (Å²) in [4.78, 5) is 24.6. The molecule has 3 heterocycles. The molecule has 0 spiro atoms. The third-order valence-corrected chi connectivity index (χ3v) is 6.31. The molecular formula is C26H22Cl2N4O2. The van der Waals surface area contributed by atoms with Gasteiger partial charge in [0.2, 0.25) is 5.91 Å². The van der Waals surface area contributed by atoms with Gasteiger partial charge < -0.3 is 15.0 Å². The van der Waals surface area contributed by atoms with E-state index in [1.165, 1.54) is 0 Å². The summed E-state index contributed by atoms with van der Waals surface area (Å²) in [6, 6.07) is 14.9. The second-order valence-corrected chi connectivity index (χ2v) is 9.22. The van der Waals surface area contributed by atoms with E-state index in [1.54, 1.807) is 18.5 Å². The highest BCUT2D eigenvalue weighted by Gasteiger charge is 2.28. The maximum Gasteiger partial charge on any atom is 0.232 e. The SMILES string of the molecule is CN(C)c1c(NC(=O)C2CCOc3ccccc32)cnc2c(-c3cc(Cl)cc(Cl)c3)nccc12. The zero-order chi connectivity index (χ0) is 23.8. The summed E-state index contributed by atoms with van der Waals surface area (Å²) in [5, 5.41) is 5.01. The predicted molar refractivity (Wildman–Crippen MR) is 137 cm³/mol. The van der Waals surface area contributed by atoms with Gasteiger partial charge in [-0.15, -0.1) is 0 Å². The van der Waals surface area contributed by atoms with Crippen molar-refractivity contribution in [2.24, 2.45) is 0 Å². The van der Waals surface area contributed by atoms with E-state index < -0.39 is 0 Å². The number of benzene rings is 2. The number of aromatic nitrogens is 2. The number of rotatable bonds is 4. The fourth-order valence-electron chi connectivity index (χ4n) is 4.42. The Morgan fingerprint density at radius 1 is 1.09 bits per heavy atom. The Kier molecular flexibility index (Phi) is 6.02. The van der Waals surface area contributed by atoms with Crippen molar-refractivity contribution < 1.29 is 9.53 Å². The number of carbonyl (C=O) groups excluding carboxylic acids is 1. The van der Waals surface area contributed by atoms with E-state index in [0.717, 1.165) is 28.0 Å². The maximum absolute atomic E-state index is 13.3. The molecule has 34 heavy (non-hydrogen) atoms. The van der Waals surface area contributed by atoms with Crippen LogP contribution in [0, 0.1) is 0 Å². The van der Waals surface area contributed by atoms with Crippen LogP contribution in [0.3, 0.4) is 0 Å². The molecule has 2 aromatic heterocycles. The second-order valence-electron chi connectivity index (χ2n) is 8.35. The Morgan fingerprint density at radius 3 is 2.62 bits per heavy atom. The summed E-state index contributed by atoms with van der Waals surface area (Å²) in [5.74, 6) is 0.377. The van der Waals surface area contributed by atoms with Crippen molar-refractivity contribution in [2.45, 2.75) is 12.3 Å². The molecule has 6 nitrogen and oxygen atoms in total. The van der Waals surface area contributed by atoms with Crippen molar-refractivity contribution >= 4 is 51.4 Å². The van der Waals surface area contributed by atoms with Crippen LogP contribution in [0.15, 0.2) is 60.9 Å².